The van der Waals surface area contributed by atoms with Crippen LogP contribution in [0.1, 0.15) is 42.6 Å². The van der Waals surface area contributed by atoms with Crippen molar-refractivity contribution in [3.8, 4) is 5.75 Å². The number of likely N-dealkylation sites (tertiary alicyclic amines) is 2. The summed E-state index contributed by atoms with van der Waals surface area (Å²) in [5, 5.41) is 8.24. The van der Waals surface area contributed by atoms with Crippen LogP contribution in [0, 0.1) is 0 Å². The Balaban J connectivity index is 1.38. The van der Waals surface area contributed by atoms with Gasteiger partial charge in [0.1, 0.15) is 5.75 Å². The van der Waals surface area contributed by atoms with Crippen LogP contribution in [0.2, 0.25) is 0 Å². The topological polar surface area (TPSA) is 61.5 Å². The van der Waals surface area contributed by atoms with Gasteiger partial charge in [0.2, 0.25) is 0 Å². The van der Waals surface area contributed by atoms with Gasteiger partial charge < -0.3 is 9.64 Å². The fourth-order valence-electron chi connectivity index (χ4n) is 4.68. The molecule has 132 valence electrons. The highest BCUT2D eigenvalue weighted by Gasteiger charge is 2.44. The number of likely N-dealkylation sites (N-methyl/N-ethyl adjacent to an activating group) is 1. The number of amides is 1. The van der Waals surface area contributed by atoms with Gasteiger partial charge in [-0.3, -0.25) is 14.8 Å². The van der Waals surface area contributed by atoms with E-state index in [1.165, 1.54) is 12.8 Å². The van der Waals surface area contributed by atoms with Gasteiger partial charge in [0.25, 0.3) is 5.91 Å². The van der Waals surface area contributed by atoms with Crippen molar-refractivity contribution < 1.29 is 9.53 Å². The average Bonchev–Trinajstić information content (AvgIpc) is 3.37. The molecule has 3 heterocycles. The molecule has 2 aromatic rings. The summed E-state index contributed by atoms with van der Waals surface area (Å²) in [7, 11) is 2.14. The average molecular weight is 340 g/mol. The van der Waals surface area contributed by atoms with Crippen molar-refractivity contribution in [1.82, 2.24) is 20.0 Å². The SMILES string of the molecule is CN1CC2CC1CN2C(=O)c1n[nH]c2cc(OC3CCCC3)ccc12. The molecule has 2 unspecified atom stereocenters. The van der Waals surface area contributed by atoms with Crippen molar-refractivity contribution in [2.24, 2.45) is 0 Å². The quantitative estimate of drug-likeness (QED) is 0.932. The highest BCUT2D eigenvalue weighted by molar-refractivity contribution is 6.05. The summed E-state index contributed by atoms with van der Waals surface area (Å²) < 4.78 is 6.06. The number of carbonyl (C=O) groups excluding carboxylic acids is 1. The molecule has 2 saturated heterocycles. The van der Waals surface area contributed by atoms with Crippen LogP contribution in [0.15, 0.2) is 18.2 Å². The Kier molecular flexibility index (Phi) is 3.48. The molecular weight excluding hydrogens is 316 g/mol. The largest absolute Gasteiger partial charge is 0.490 e. The van der Waals surface area contributed by atoms with Crippen LogP contribution in [-0.4, -0.2) is 64.2 Å². The molecule has 2 atom stereocenters. The minimum Gasteiger partial charge on any atom is -0.490 e. The van der Waals surface area contributed by atoms with Gasteiger partial charge in [0, 0.05) is 36.6 Å². The lowest BCUT2D eigenvalue weighted by Crippen LogP contribution is -2.47. The summed E-state index contributed by atoms with van der Waals surface area (Å²) in [6, 6.07) is 6.75. The molecule has 6 heteroatoms. The van der Waals surface area contributed by atoms with E-state index >= 15 is 0 Å². The number of carbonyl (C=O) groups is 1. The predicted octanol–water partition coefficient (Wildman–Crippen LogP) is 2.41. The second-order valence-electron chi connectivity index (χ2n) is 7.74. The van der Waals surface area contributed by atoms with E-state index in [1.807, 2.05) is 23.1 Å². The normalized spacial score (nSPS) is 26.8. The zero-order chi connectivity index (χ0) is 17.0. The van der Waals surface area contributed by atoms with Crippen LogP contribution < -0.4 is 4.74 Å². The summed E-state index contributed by atoms with van der Waals surface area (Å²) in [5.41, 5.74) is 1.41. The molecule has 1 amide bonds. The molecule has 1 N–H and O–H groups in total. The van der Waals surface area contributed by atoms with Gasteiger partial charge in [-0.1, -0.05) is 0 Å². The Morgan fingerprint density at radius 1 is 1.24 bits per heavy atom. The fraction of sp³-hybridized carbons (Fsp3) is 0.579. The van der Waals surface area contributed by atoms with E-state index in [2.05, 4.69) is 22.1 Å². The lowest BCUT2D eigenvalue weighted by Gasteiger charge is -2.31. The van der Waals surface area contributed by atoms with Gasteiger partial charge >= 0.3 is 0 Å². The van der Waals surface area contributed by atoms with Crippen LogP contribution in [0.25, 0.3) is 10.9 Å². The van der Waals surface area contributed by atoms with Crippen LogP contribution in [0.5, 0.6) is 5.75 Å². The Bertz CT molecular complexity index is 809. The van der Waals surface area contributed by atoms with Gasteiger partial charge in [-0.15, -0.1) is 0 Å². The van der Waals surface area contributed by atoms with Gasteiger partial charge in [-0.05, 0) is 51.3 Å². The molecule has 3 aliphatic rings. The van der Waals surface area contributed by atoms with Gasteiger partial charge in [0.15, 0.2) is 5.69 Å². The van der Waals surface area contributed by atoms with Gasteiger partial charge in [0.05, 0.1) is 11.6 Å². The molecule has 3 fully saturated rings. The highest BCUT2D eigenvalue weighted by Crippen LogP contribution is 2.32. The number of aromatic amines is 1. The molecule has 2 bridgehead atoms. The molecule has 6 nitrogen and oxygen atoms in total. The standard InChI is InChI=1S/C19H24N4O2/c1-22-10-13-8-12(22)11-23(13)19(24)18-16-7-6-15(9-17(16)20-21-18)25-14-4-2-3-5-14/h6-7,9,12-14H,2-5,8,10-11H2,1H3,(H,20,21). The first kappa shape index (κ1) is 15.2. The number of nitrogens with one attached hydrogen (secondary N) is 1. The van der Waals surface area contributed by atoms with E-state index in [9.17, 15) is 4.79 Å². The molecule has 0 spiro atoms. The third-order valence-corrected chi connectivity index (χ3v) is 6.12. The molecule has 25 heavy (non-hydrogen) atoms. The third-order valence-electron chi connectivity index (χ3n) is 6.12. The van der Waals surface area contributed by atoms with E-state index in [0.717, 1.165) is 49.0 Å². The van der Waals surface area contributed by atoms with Crippen molar-refractivity contribution in [2.45, 2.75) is 50.3 Å². The summed E-state index contributed by atoms with van der Waals surface area (Å²) in [6.07, 6.45) is 6.20. The number of hydrogen-bond acceptors (Lipinski definition) is 4. The van der Waals surface area contributed by atoms with E-state index in [4.69, 9.17) is 4.74 Å². The van der Waals surface area contributed by atoms with Crippen molar-refractivity contribution in [3.63, 3.8) is 0 Å². The number of fused-ring (bicyclic) bond motifs is 3. The number of benzene rings is 1. The van der Waals surface area contributed by atoms with Crippen LogP contribution >= 0.6 is 0 Å². The maximum Gasteiger partial charge on any atom is 0.275 e. The first-order valence-electron chi connectivity index (χ1n) is 9.35. The number of aromatic nitrogens is 2. The highest BCUT2D eigenvalue weighted by atomic mass is 16.5. The molecular formula is C19H24N4O2. The van der Waals surface area contributed by atoms with E-state index in [0.29, 0.717) is 23.9 Å². The predicted molar refractivity (Wildman–Crippen MR) is 94.8 cm³/mol. The number of piperazine rings is 1. The number of ether oxygens (including phenoxy) is 1. The Labute approximate surface area is 147 Å². The van der Waals surface area contributed by atoms with Crippen LogP contribution in [0.3, 0.4) is 0 Å². The smallest absolute Gasteiger partial charge is 0.275 e. The zero-order valence-electron chi connectivity index (χ0n) is 14.6. The third kappa shape index (κ3) is 2.51. The number of nitrogens with zero attached hydrogens (tertiary/aromatic N) is 3. The van der Waals surface area contributed by atoms with Crippen molar-refractivity contribution in [1.29, 1.82) is 0 Å². The van der Waals surface area contributed by atoms with Gasteiger partial charge in [-0.2, -0.15) is 5.10 Å². The lowest BCUT2D eigenvalue weighted by molar-refractivity contribution is 0.0646. The summed E-state index contributed by atoms with van der Waals surface area (Å²) in [4.78, 5) is 17.3. The second-order valence-corrected chi connectivity index (χ2v) is 7.74. The molecule has 1 saturated carbocycles. The molecule has 1 aliphatic carbocycles. The van der Waals surface area contributed by atoms with Crippen LogP contribution in [-0.2, 0) is 0 Å². The van der Waals surface area contributed by atoms with E-state index < -0.39 is 0 Å². The molecule has 1 aromatic carbocycles. The molecule has 2 aliphatic heterocycles. The maximum absolute atomic E-state index is 13.0. The summed E-state index contributed by atoms with van der Waals surface area (Å²) in [5.74, 6) is 0.917. The van der Waals surface area contributed by atoms with E-state index in [1.54, 1.807) is 0 Å². The second kappa shape index (κ2) is 5.73. The maximum atomic E-state index is 13.0. The number of hydrogen-bond donors (Lipinski definition) is 1. The lowest BCUT2D eigenvalue weighted by atomic mass is 10.1. The number of H-pyrrole nitrogens is 1. The molecule has 0 radical (unpaired) electrons. The Morgan fingerprint density at radius 3 is 2.80 bits per heavy atom. The summed E-state index contributed by atoms with van der Waals surface area (Å²) in [6.45, 7) is 1.79. The molecule has 1 aromatic heterocycles. The monoisotopic (exact) mass is 340 g/mol. The molecule has 5 rings (SSSR count). The van der Waals surface area contributed by atoms with Crippen molar-refractivity contribution >= 4 is 16.8 Å². The van der Waals surface area contributed by atoms with E-state index in [-0.39, 0.29) is 5.91 Å². The minimum absolute atomic E-state index is 0.0521. The first-order chi connectivity index (χ1) is 12.2. The van der Waals surface area contributed by atoms with Crippen molar-refractivity contribution in [3.05, 3.63) is 23.9 Å². The van der Waals surface area contributed by atoms with Gasteiger partial charge in [-0.25, -0.2) is 0 Å². The van der Waals surface area contributed by atoms with Crippen LogP contribution in [0.4, 0.5) is 0 Å². The summed E-state index contributed by atoms with van der Waals surface area (Å²) >= 11 is 0. The fourth-order valence-corrected chi connectivity index (χ4v) is 4.68. The Morgan fingerprint density at radius 2 is 2.08 bits per heavy atom. The van der Waals surface area contributed by atoms with Crippen molar-refractivity contribution in [2.75, 3.05) is 20.1 Å². The number of rotatable bonds is 3. The first-order valence-corrected chi connectivity index (χ1v) is 9.35. The Hall–Kier alpha value is -2.08. The zero-order valence-corrected chi connectivity index (χ0v) is 14.6. The minimum atomic E-state index is 0.0521.